The van der Waals surface area contributed by atoms with Crippen LogP contribution in [0.4, 0.5) is 11.5 Å². The minimum Gasteiger partial charge on any atom is -0.326 e. The van der Waals surface area contributed by atoms with Gasteiger partial charge in [0, 0.05) is 31.9 Å². The molecule has 0 aliphatic carbocycles. The molecule has 28 heavy (non-hydrogen) atoms. The summed E-state index contributed by atoms with van der Waals surface area (Å²) in [5, 5.41) is 9.24. The summed E-state index contributed by atoms with van der Waals surface area (Å²) in [5.74, 6) is -0.402. The number of anilines is 2. The lowest BCUT2D eigenvalue weighted by Crippen LogP contribution is -2.35. The van der Waals surface area contributed by atoms with Crippen LogP contribution in [0.1, 0.15) is 6.92 Å². The maximum absolute atomic E-state index is 12.7. The highest BCUT2D eigenvalue weighted by molar-refractivity contribution is 7.89. The summed E-state index contributed by atoms with van der Waals surface area (Å²) in [4.78, 5) is 27.5. The predicted molar refractivity (Wildman–Crippen MR) is 102 cm³/mol. The smallest absolute Gasteiger partial charge is 0.243 e. The zero-order chi connectivity index (χ0) is 20.3. The number of benzene rings is 1. The summed E-state index contributed by atoms with van der Waals surface area (Å²) >= 11 is 0. The molecule has 10 nitrogen and oxygen atoms in total. The second kappa shape index (κ2) is 7.74. The van der Waals surface area contributed by atoms with E-state index in [1.165, 1.54) is 48.9 Å². The number of hydrogen-bond acceptors (Lipinski definition) is 6. The number of carbonyl (C=O) groups is 2. The molecule has 3 rings (SSSR count). The van der Waals surface area contributed by atoms with Crippen molar-refractivity contribution < 1.29 is 18.0 Å². The van der Waals surface area contributed by atoms with Gasteiger partial charge in [0.25, 0.3) is 0 Å². The fraction of sp³-hybridized carbons (Fsp3) is 0.176. The molecule has 0 unspecified atom stereocenters. The van der Waals surface area contributed by atoms with Gasteiger partial charge in [-0.15, -0.1) is 0 Å². The van der Waals surface area contributed by atoms with Gasteiger partial charge in [0.05, 0.1) is 17.6 Å². The summed E-state index contributed by atoms with van der Waals surface area (Å²) < 4.78 is 27.7. The van der Waals surface area contributed by atoms with E-state index < -0.39 is 15.9 Å². The normalized spacial score (nSPS) is 11.5. The topological polar surface area (TPSA) is 126 Å². The maximum Gasteiger partial charge on any atom is 0.243 e. The fourth-order valence-corrected chi connectivity index (χ4v) is 3.62. The van der Waals surface area contributed by atoms with Crippen LogP contribution in [-0.4, -0.2) is 52.7 Å². The first-order chi connectivity index (χ1) is 13.3. The molecular formula is C17H18N6O4S. The minimum atomic E-state index is -3.88. The Morgan fingerprint density at radius 2 is 1.79 bits per heavy atom. The van der Waals surface area contributed by atoms with Gasteiger partial charge in [-0.05, 0) is 30.3 Å². The molecule has 11 heteroatoms. The number of nitrogens with zero attached hydrogens (tertiary/aromatic N) is 4. The zero-order valence-electron chi connectivity index (χ0n) is 15.2. The van der Waals surface area contributed by atoms with Crippen molar-refractivity contribution in [3.8, 4) is 0 Å². The fourth-order valence-electron chi connectivity index (χ4n) is 2.49. The Hall–Kier alpha value is -3.31. The van der Waals surface area contributed by atoms with Gasteiger partial charge in [-0.1, -0.05) is 0 Å². The van der Waals surface area contributed by atoms with Crippen LogP contribution in [0.25, 0.3) is 5.65 Å². The Morgan fingerprint density at radius 3 is 2.46 bits per heavy atom. The standard InChI is InChI=1S/C17H18N6O4S/c1-12(24)20-13-3-5-14(6-4-13)28(26,27)22(2)11-17(25)21-16-7-9-18-15-8-10-19-23(15)16/h3-10H,11H2,1-2H3,(H,20,24)(H,21,25). The van der Waals surface area contributed by atoms with E-state index in [0.717, 1.165) is 4.31 Å². The van der Waals surface area contributed by atoms with Gasteiger partial charge >= 0.3 is 0 Å². The van der Waals surface area contributed by atoms with Crippen molar-refractivity contribution in [2.45, 2.75) is 11.8 Å². The molecule has 0 atom stereocenters. The van der Waals surface area contributed by atoms with E-state index in [0.29, 0.717) is 17.2 Å². The van der Waals surface area contributed by atoms with Crippen molar-refractivity contribution in [3.63, 3.8) is 0 Å². The van der Waals surface area contributed by atoms with E-state index in [9.17, 15) is 18.0 Å². The lowest BCUT2D eigenvalue weighted by molar-refractivity contribution is -0.116. The Bertz CT molecular complexity index is 1120. The van der Waals surface area contributed by atoms with Crippen molar-refractivity contribution in [1.29, 1.82) is 0 Å². The van der Waals surface area contributed by atoms with Crippen LogP contribution in [-0.2, 0) is 19.6 Å². The highest BCUT2D eigenvalue weighted by Gasteiger charge is 2.23. The highest BCUT2D eigenvalue weighted by Crippen LogP contribution is 2.17. The van der Waals surface area contributed by atoms with Crippen molar-refractivity contribution in [2.75, 3.05) is 24.2 Å². The first-order valence-electron chi connectivity index (χ1n) is 8.20. The molecule has 0 aliphatic heterocycles. The lowest BCUT2D eigenvalue weighted by Gasteiger charge is -2.17. The molecule has 0 saturated heterocycles. The van der Waals surface area contributed by atoms with Gasteiger partial charge in [0.2, 0.25) is 21.8 Å². The molecule has 2 N–H and O–H groups in total. The molecule has 2 amide bonds. The molecule has 3 aromatic rings. The van der Waals surface area contributed by atoms with Gasteiger partial charge in [0.15, 0.2) is 5.65 Å². The lowest BCUT2D eigenvalue weighted by atomic mass is 10.3. The van der Waals surface area contributed by atoms with Crippen LogP contribution in [0, 0.1) is 0 Å². The average Bonchev–Trinajstić information content (AvgIpc) is 3.11. The number of hydrogen-bond donors (Lipinski definition) is 2. The quantitative estimate of drug-likeness (QED) is 0.632. The van der Waals surface area contributed by atoms with Crippen LogP contribution < -0.4 is 10.6 Å². The van der Waals surface area contributed by atoms with Crippen LogP contribution in [0.15, 0.2) is 53.7 Å². The predicted octanol–water partition coefficient (Wildman–Crippen LogP) is 0.947. The largest absolute Gasteiger partial charge is 0.326 e. The van der Waals surface area contributed by atoms with Crippen LogP contribution >= 0.6 is 0 Å². The van der Waals surface area contributed by atoms with E-state index in [4.69, 9.17) is 0 Å². The summed E-state index contributed by atoms with van der Waals surface area (Å²) in [6.07, 6.45) is 3.06. The summed E-state index contributed by atoms with van der Waals surface area (Å²) in [6.45, 7) is 0.970. The van der Waals surface area contributed by atoms with Crippen LogP contribution in [0.5, 0.6) is 0 Å². The molecule has 0 saturated carbocycles. The van der Waals surface area contributed by atoms with E-state index in [1.807, 2.05) is 0 Å². The van der Waals surface area contributed by atoms with Crippen molar-refractivity contribution in [3.05, 3.63) is 48.8 Å². The summed E-state index contributed by atoms with van der Waals surface area (Å²) in [6, 6.07) is 8.93. The number of fused-ring (bicyclic) bond motifs is 1. The van der Waals surface area contributed by atoms with Gasteiger partial charge in [-0.25, -0.2) is 13.4 Å². The second-order valence-electron chi connectivity index (χ2n) is 5.95. The van der Waals surface area contributed by atoms with Crippen molar-refractivity contribution in [1.82, 2.24) is 18.9 Å². The third kappa shape index (κ3) is 4.15. The first kappa shape index (κ1) is 19.5. The number of amides is 2. The third-order valence-electron chi connectivity index (χ3n) is 3.81. The Morgan fingerprint density at radius 1 is 1.07 bits per heavy atom. The van der Waals surface area contributed by atoms with E-state index in [1.54, 1.807) is 18.3 Å². The van der Waals surface area contributed by atoms with Crippen LogP contribution in [0.2, 0.25) is 0 Å². The van der Waals surface area contributed by atoms with E-state index >= 15 is 0 Å². The molecule has 146 valence electrons. The molecule has 0 bridgehead atoms. The monoisotopic (exact) mass is 402 g/mol. The minimum absolute atomic E-state index is 0.00952. The molecule has 1 aromatic carbocycles. The first-order valence-corrected chi connectivity index (χ1v) is 9.64. The molecule has 0 radical (unpaired) electrons. The number of rotatable bonds is 6. The Kier molecular flexibility index (Phi) is 5.38. The second-order valence-corrected chi connectivity index (χ2v) is 7.99. The Balaban J connectivity index is 1.70. The molecule has 2 aromatic heterocycles. The summed E-state index contributed by atoms with van der Waals surface area (Å²) in [5.41, 5.74) is 1.03. The van der Waals surface area contributed by atoms with Crippen LogP contribution in [0.3, 0.4) is 0 Å². The SMILES string of the molecule is CC(=O)Nc1ccc(S(=O)(=O)N(C)CC(=O)Nc2ccnc3ccnn23)cc1. The van der Waals surface area contributed by atoms with E-state index in [2.05, 4.69) is 20.7 Å². The number of sulfonamides is 1. The molecular weight excluding hydrogens is 384 g/mol. The highest BCUT2D eigenvalue weighted by atomic mass is 32.2. The van der Waals surface area contributed by atoms with E-state index in [-0.39, 0.29) is 17.3 Å². The number of likely N-dealkylation sites (N-methyl/N-ethyl adjacent to an activating group) is 1. The molecule has 2 heterocycles. The molecule has 0 aliphatic rings. The van der Waals surface area contributed by atoms with Crippen molar-refractivity contribution in [2.24, 2.45) is 0 Å². The number of aromatic nitrogens is 3. The Labute approximate surface area is 161 Å². The maximum atomic E-state index is 12.7. The zero-order valence-corrected chi connectivity index (χ0v) is 16.0. The molecule has 0 fully saturated rings. The van der Waals surface area contributed by atoms with Gasteiger partial charge in [-0.2, -0.15) is 13.9 Å². The van der Waals surface area contributed by atoms with Gasteiger partial charge in [0.1, 0.15) is 5.82 Å². The molecule has 0 spiro atoms. The van der Waals surface area contributed by atoms with Crippen molar-refractivity contribution >= 4 is 39.0 Å². The third-order valence-corrected chi connectivity index (χ3v) is 5.62. The number of nitrogens with one attached hydrogen (secondary N) is 2. The van der Waals surface area contributed by atoms with Gasteiger partial charge in [-0.3, -0.25) is 9.59 Å². The average molecular weight is 402 g/mol. The van der Waals surface area contributed by atoms with Gasteiger partial charge < -0.3 is 10.6 Å². The summed E-state index contributed by atoms with van der Waals surface area (Å²) in [7, 11) is -2.57. The number of carbonyl (C=O) groups excluding carboxylic acids is 2.